The lowest BCUT2D eigenvalue weighted by Gasteiger charge is -2.06. The van der Waals surface area contributed by atoms with Crippen LogP contribution in [0.15, 0.2) is 39.9 Å². The Hall–Kier alpha value is -2.95. The topological polar surface area (TPSA) is 71.2 Å². The van der Waals surface area contributed by atoms with Gasteiger partial charge in [-0.1, -0.05) is 0 Å². The Morgan fingerprint density at radius 2 is 1.96 bits per heavy atom. The molecule has 0 bridgehead atoms. The highest BCUT2D eigenvalue weighted by molar-refractivity contribution is 5.99. The van der Waals surface area contributed by atoms with Crippen LogP contribution in [-0.4, -0.2) is 17.7 Å². The van der Waals surface area contributed by atoms with Crippen LogP contribution in [-0.2, 0) is 9.53 Å². The highest BCUT2D eigenvalue weighted by Crippen LogP contribution is 2.36. The van der Waals surface area contributed by atoms with Gasteiger partial charge in [0, 0.05) is 16.7 Å². The Balaban J connectivity index is 1.96. The predicted octanol–water partition coefficient (Wildman–Crippen LogP) is 2.56. The molecule has 2 aromatic carbocycles. The van der Waals surface area contributed by atoms with Gasteiger partial charge in [-0.05, 0) is 56.2 Å². The Morgan fingerprint density at radius 1 is 1.17 bits per heavy atom. The van der Waals surface area contributed by atoms with Crippen molar-refractivity contribution in [2.75, 3.05) is 6.61 Å². The molecule has 0 amide bonds. The summed E-state index contributed by atoms with van der Waals surface area (Å²) in [5, 5.41) is 11.4. The van der Waals surface area contributed by atoms with Crippen LogP contribution >= 0.6 is 0 Å². The van der Waals surface area contributed by atoms with Gasteiger partial charge in [-0.15, -0.1) is 0 Å². The molecule has 4 rings (SSSR count). The summed E-state index contributed by atoms with van der Waals surface area (Å²) in [6, 6.07) is 7.07. The molecule has 120 valence electrons. The Kier molecular flexibility index (Phi) is 3.06. The van der Waals surface area contributed by atoms with E-state index >= 15 is 0 Å². The summed E-state index contributed by atoms with van der Waals surface area (Å²) < 4.78 is 5.09. The molecule has 0 aliphatic carbocycles. The van der Waals surface area contributed by atoms with Crippen molar-refractivity contribution in [3.8, 4) is 16.9 Å². The fourth-order valence-electron chi connectivity index (χ4n) is 3.38. The van der Waals surface area contributed by atoms with Crippen molar-refractivity contribution in [1.82, 2.24) is 0 Å². The summed E-state index contributed by atoms with van der Waals surface area (Å²) in [5.74, 6) is -0.200. The lowest BCUT2D eigenvalue weighted by molar-refractivity contribution is -0.138. The van der Waals surface area contributed by atoms with Gasteiger partial charge < -0.3 is 9.84 Å². The van der Waals surface area contributed by atoms with Crippen molar-refractivity contribution in [3.63, 3.8) is 0 Å². The van der Waals surface area contributed by atoms with E-state index in [1.807, 2.05) is 19.9 Å². The molecular weight excluding hydrogens is 304 g/mol. The number of hydrogen-bond acceptors (Lipinski definition) is 5. The molecule has 0 saturated heterocycles. The van der Waals surface area contributed by atoms with Crippen molar-refractivity contribution in [1.29, 1.82) is 0 Å². The number of hydrogen-bond donors (Lipinski definition) is 1. The van der Waals surface area contributed by atoms with Gasteiger partial charge in [0.1, 0.15) is 5.75 Å². The number of phenolic OH excluding ortho intramolecular Hbond substituents is 1. The van der Waals surface area contributed by atoms with Gasteiger partial charge in [0.15, 0.2) is 5.70 Å². The van der Waals surface area contributed by atoms with Crippen LogP contribution in [0.3, 0.4) is 0 Å². The first-order valence-electron chi connectivity index (χ1n) is 7.84. The molecule has 0 aromatic heterocycles. The third-order valence-corrected chi connectivity index (χ3v) is 4.46. The molecule has 24 heavy (non-hydrogen) atoms. The van der Waals surface area contributed by atoms with Gasteiger partial charge in [0.2, 0.25) is 0 Å². The van der Waals surface area contributed by atoms with Gasteiger partial charge in [-0.3, -0.25) is 0 Å². The Morgan fingerprint density at radius 3 is 2.71 bits per heavy atom. The Labute approximate surface area is 138 Å². The lowest BCUT2D eigenvalue weighted by atomic mass is 9.96. The van der Waals surface area contributed by atoms with E-state index in [0.717, 1.165) is 44.2 Å². The first-order chi connectivity index (χ1) is 11.5. The van der Waals surface area contributed by atoms with Crippen LogP contribution < -0.4 is 10.7 Å². The minimum absolute atomic E-state index is 0.202. The first-order valence-corrected chi connectivity index (χ1v) is 7.84. The van der Waals surface area contributed by atoms with Gasteiger partial charge in [0.25, 0.3) is 0 Å². The van der Waals surface area contributed by atoms with E-state index in [0.29, 0.717) is 12.3 Å². The molecule has 2 aliphatic rings. The third kappa shape index (κ3) is 1.91. The second-order valence-electron chi connectivity index (χ2n) is 5.91. The smallest absolute Gasteiger partial charge is 0.357 e. The van der Waals surface area contributed by atoms with E-state index in [4.69, 9.17) is 4.74 Å². The van der Waals surface area contributed by atoms with Crippen molar-refractivity contribution >= 4 is 17.2 Å². The summed E-state index contributed by atoms with van der Waals surface area (Å²) >= 11 is 0. The van der Waals surface area contributed by atoms with Crippen LogP contribution in [0.25, 0.3) is 16.7 Å². The van der Waals surface area contributed by atoms with E-state index in [-0.39, 0.29) is 5.75 Å². The number of carbonyl (C=O) groups excluding carboxylic acids is 1. The maximum absolute atomic E-state index is 12.1. The molecule has 1 N–H and O–H groups in total. The highest BCUT2D eigenvalue weighted by Gasteiger charge is 2.26. The maximum atomic E-state index is 12.1. The molecule has 5 heteroatoms. The molecule has 0 fully saturated rings. The number of rotatable bonds is 2. The molecule has 0 atom stereocenters. The number of esters is 1. The summed E-state index contributed by atoms with van der Waals surface area (Å²) in [5.41, 5.74) is 5.75. The molecule has 5 nitrogen and oxygen atoms in total. The predicted molar refractivity (Wildman–Crippen MR) is 89.5 cm³/mol. The summed E-state index contributed by atoms with van der Waals surface area (Å²) in [7, 11) is 0. The van der Waals surface area contributed by atoms with Gasteiger partial charge in [0.05, 0.1) is 23.0 Å². The second kappa shape index (κ2) is 5.03. The number of carbonyl (C=O) groups is 1. The number of benzene rings is 2. The fourth-order valence-corrected chi connectivity index (χ4v) is 3.38. The molecule has 2 aliphatic heterocycles. The minimum atomic E-state index is -0.402. The number of phenols is 1. The standard InChI is InChI=1S/C19H16N2O3/c1-4-24-19(23)18-10(3)16-9(2)17-13(8-15(16)21-18)12-7-11(22)5-6-14(12)20-17/h5-8,22H,4H2,1-3H3. The summed E-state index contributed by atoms with van der Waals surface area (Å²) in [6.07, 6.45) is 0. The molecule has 2 aromatic rings. The Bertz CT molecular complexity index is 1060. The molecular formula is C19H16N2O3. The van der Waals surface area contributed by atoms with Crippen molar-refractivity contribution < 1.29 is 14.6 Å². The van der Waals surface area contributed by atoms with Crippen LogP contribution in [0, 0.1) is 6.92 Å². The number of allylic oxidation sites excluding steroid dienone is 1. The third-order valence-electron chi connectivity index (χ3n) is 4.46. The highest BCUT2D eigenvalue weighted by atomic mass is 16.5. The monoisotopic (exact) mass is 320 g/mol. The van der Waals surface area contributed by atoms with Crippen LogP contribution in [0.4, 0.5) is 5.69 Å². The largest absolute Gasteiger partial charge is 0.508 e. The first kappa shape index (κ1) is 14.6. The number of nitrogens with zero attached hydrogens (tertiary/aromatic N) is 2. The zero-order valence-electron chi connectivity index (χ0n) is 13.7. The SMILES string of the molecule is CCOC(=O)C1=C(C)c2c(C)c3c(cc2=N1)-c1cc(O)ccc1N=3. The van der Waals surface area contributed by atoms with Gasteiger partial charge >= 0.3 is 5.97 Å². The lowest BCUT2D eigenvalue weighted by Crippen LogP contribution is -2.18. The molecule has 2 heterocycles. The molecule has 0 spiro atoms. The van der Waals surface area contributed by atoms with Crippen molar-refractivity contribution in [2.45, 2.75) is 20.8 Å². The van der Waals surface area contributed by atoms with E-state index in [2.05, 4.69) is 9.98 Å². The fraction of sp³-hybridized carbons (Fsp3) is 0.211. The molecule has 0 unspecified atom stereocenters. The number of ether oxygens (including phenoxy) is 1. The zero-order valence-corrected chi connectivity index (χ0v) is 13.7. The van der Waals surface area contributed by atoms with Gasteiger partial charge in [-0.25, -0.2) is 14.8 Å². The van der Waals surface area contributed by atoms with E-state index in [1.54, 1.807) is 25.1 Å². The van der Waals surface area contributed by atoms with Crippen LogP contribution in [0.5, 0.6) is 5.75 Å². The maximum Gasteiger partial charge on any atom is 0.357 e. The average molecular weight is 320 g/mol. The summed E-state index contributed by atoms with van der Waals surface area (Å²) in [4.78, 5) is 21.3. The second-order valence-corrected chi connectivity index (χ2v) is 5.91. The van der Waals surface area contributed by atoms with Crippen molar-refractivity contribution in [2.24, 2.45) is 9.98 Å². The normalized spacial score (nSPS) is 13.8. The molecule has 0 saturated carbocycles. The number of aromatic hydroxyl groups is 1. The summed E-state index contributed by atoms with van der Waals surface area (Å²) in [6.45, 7) is 5.96. The van der Waals surface area contributed by atoms with E-state index in [9.17, 15) is 9.90 Å². The average Bonchev–Trinajstić information content (AvgIpc) is 3.07. The van der Waals surface area contributed by atoms with Crippen molar-refractivity contribution in [3.05, 3.63) is 51.8 Å². The molecule has 0 radical (unpaired) electrons. The van der Waals surface area contributed by atoms with E-state index in [1.165, 1.54) is 0 Å². The van der Waals surface area contributed by atoms with E-state index < -0.39 is 5.97 Å². The number of fused-ring (bicyclic) bond motifs is 4. The zero-order chi connectivity index (χ0) is 17.0. The van der Waals surface area contributed by atoms with Gasteiger partial charge in [-0.2, -0.15) is 0 Å². The quantitative estimate of drug-likeness (QED) is 0.738. The van der Waals surface area contributed by atoms with Crippen LogP contribution in [0.1, 0.15) is 25.0 Å². The minimum Gasteiger partial charge on any atom is -0.508 e. The van der Waals surface area contributed by atoms with Crippen LogP contribution in [0.2, 0.25) is 0 Å².